The van der Waals surface area contributed by atoms with Crippen LogP contribution in [0, 0.1) is 5.82 Å². The lowest BCUT2D eigenvalue weighted by Crippen LogP contribution is -2.39. The van der Waals surface area contributed by atoms with Gasteiger partial charge in [0.25, 0.3) is 0 Å². The zero-order chi connectivity index (χ0) is 13.7. The van der Waals surface area contributed by atoms with E-state index in [0.29, 0.717) is 6.04 Å². The molecule has 0 amide bonds. The van der Waals surface area contributed by atoms with Crippen LogP contribution in [0.15, 0.2) is 24.3 Å². The molecule has 1 aromatic carbocycles. The molecule has 1 fully saturated rings. The topological polar surface area (TPSA) is 15.3 Å². The molecule has 1 aliphatic rings. The number of nitrogens with one attached hydrogen (secondary N) is 1. The van der Waals surface area contributed by atoms with Gasteiger partial charge in [0, 0.05) is 12.1 Å². The van der Waals surface area contributed by atoms with E-state index in [-0.39, 0.29) is 5.82 Å². The molecule has 0 aromatic heterocycles. The third kappa shape index (κ3) is 4.02. The largest absolute Gasteiger partial charge is 0.310 e. The number of halogens is 1. The van der Waals surface area contributed by atoms with Crippen molar-refractivity contribution >= 4 is 0 Å². The Morgan fingerprint density at radius 2 is 2.00 bits per heavy atom. The Hall–Kier alpha value is -0.930. The van der Waals surface area contributed by atoms with E-state index in [1.807, 2.05) is 12.1 Å². The Bertz CT molecular complexity index is 373. The third-order valence-electron chi connectivity index (χ3n) is 4.19. The van der Waals surface area contributed by atoms with Crippen LogP contribution in [0.4, 0.5) is 4.39 Å². The maximum absolute atomic E-state index is 13.0. The quantitative estimate of drug-likeness (QED) is 0.812. The predicted molar refractivity (Wildman–Crippen MR) is 77.7 cm³/mol. The van der Waals surface area contributed by atoms with Gasteiger partial charge in [-0.3, -0.25) is 0 Å². The zero-order valence-corrected chi connectivity index (χ0v) is 12.0. The second kappa shape index (κ2) is 7.01. The van der Waals surface area contributed by atoms with Crippen LogP contribution in [0.5, 0.6) is 0 Å². The van der Waals surface area contributed by atoms with E-state index in [1.165, 1.54) is 24.8 Å². The van der Waals surface area contributed by atoms with Gasteiger partial charge in [0.05, 0.1) is 0 Å². The maximum Gasteiger partial charge on any atom is 0.123 e. The minimum atomic E-state index is -0.161. The predicted octanol–water partition coefficient (Wildman–Crippen LogP) is 3.35. The highest BCUT2D eigenvalue weighted by Gasteiger charge is 2.22. The molecule has 106 valence electrons. The standard InChI is InChI=1S/C16H25FN2/c1-3-18-16(13-7-9-14(17)10-8-13)11-12-19(2)15-5-4-6-15/h7-10,15-16,18H,3-6,11-12H2,1-2H3. The van der Waals surface area contributed by atoms with Crippen molar-refractivity contribution < 1.29 is 4.39 Å². The molecule has 2 nitrogen and oxygen atoms in total. The highest BCUT2D eigenvalue weighted by Crippen LogP contribution is 2.25. The maximum atomic E-state index is 13.0. The van der Waals surface area contributed by atoms with Gasteiger partial charge in [-0.2, -0.15) is 0 Å². The number of benzene rings is 1. The fourth-order valence-corrected chi connectivity index (χ4v) is 2.67. The van der Waals surface area contributed by atoms with Gasteiger partial charge < -0.3 is 10.2 Å². The van der Waals surface area contributed by atoms with Gasteiger partial charge >= 0.3 is 0 Å². The van der Waals surface area contributed by atoms with Gasteiger partial charge in [-0.05, 0) is 57.1 Å². The van der Waals surface area contributed by atoms with Crippen molar-refractivity contribution in [3.8, 4) is 0 Å². The summed E-state index contributed by atoms with van der Waals surface area (Å²) >= 11 is 0. The second-order valence-corrected chi connectivity index (χ2v) is 5.52. The highest BCUT2D eigenvalue weighted by molar-refractivity contribution is 5.19. The number of hydrogen-bond acceptors (Lipinski definition) is 2. The van der Waals surface area contributed by atoms with Gasteiger partial charge in [0.15, 0.2) is 0 Å². The van der Waals surface area contributed by atoms with Crippen molar-refractivity contribution in [3.05, 3.63) is 35.6 Å². The molecule has 3 heteroatoms. The van der Waals surface area contributed by atoms with Crippen LogP contribution >= 0.6 is 0 Å². The van der Waals surface area contributed by atoms with E-state index in [2.05, 4.69) is 24.2 Å². The van der Waals surface area contributed by atoms with E-state index in [4.69, 9.17) is 0 Å². The highest BCUT2D eigenvalue weighted by atomic mass is 19.1. The smallest absolute Gasteiger partial charge is 0.123 e. The fraction of sp³-hybridized carbons (Fsp3) is 0.625. The first-order chi connectivity index (χ1) is 9.20. The van der Waals surface area contributed by atoms with Gasteiger partial charge in [-0.1, -0.05) is 25.5 Å². The fourth-order valence-electron chi connectivity index (χ4n) is 2.67. The van der Waals surface area contributed by atoms with Gasteiger partial charge in [0.2, 0.25) is 0 Å². The van der Waals surface area contributed by atoms with Crippen LogP contribution in [-0.2, 0) is 0 Å². The van der Waals surface area contributed by atoms with Crippen LogP contribution in [0.25, 0.3) is 0 Å². The van der Waals surface area contributed by atoms with Crippen LogP contribution in [0.3, 0.4) is 0 Å². The van der Waals surface area contributed by atoms with Crippen LogP contribution in [0.2, 0.25) is 0 Å². The van der Waals surface area contributed by atoms with Gasteiger partial charge in [0.1, 0.15) is 5.82 Å². The summed E-state index contributed by atoms with van der Waals surface area (Å²) < 4.78 is 13.0. The number of rotatable bonds is 7. The molecular formula is C16H25FN2. The first-order valence-corrected chi connectivity index (χ1v) is 7.39. The van der Waals surface area contributed by atoms with Crippen molar-refractivity contribution in [2.24, 2.45) is 0 Å². The molecular weight excluding hydrogens is 239 g/mol. The van der Waals surface area contributed by atoms with Crippen molar-refractivity contribution in [1.29, 1.82) is 0 Å². The molecule has 1 unspecified atom stereocenters. The molecule has 1 aromatic rings. The Balaban J connectivity index is 1.89. The van der Waals surface area contributed by atoms with Crippen LogP contribution in [-0.4, -0.2) is 31.1 Å². The lowest BCUT2D eigenvalue weighted by atomic mass is 9.91. The van der Waals surface area contributed by atoms with E-state index in [9.17, 15) is 4.39 Å². The monoisotopic (exact) mass is 264 g/mol. The molecule has 0 heterocycles. The molecule has 0 spiro atoms. The summed E-state index contributed by atoms with van der Waals surface area (Å²) in [6.07, 6.45) is 5.15. The summed E-state index contributed by atoms with van der Waals surface area (Å²) in [6, 6.07) is 8.01. The van der Waals surface area contributed by atoms with Gasteiger partial charge in [-0.15, -0.1) is 0 Å². The summed E-state index contributed by atoms with van der Waals surface area (Å²) in [7, 11) is 2.22. The zero-order valence-electron chi connectivity index (χ0n) is 12.0. The Morgan fingerprint density at radius 1 is 1.32 bits per heavy atom. The van der Waals surface area contributed by atoms with Crippen LogP contribution < -0.4 is 5.32 Å². The second-order valence-electron chi connectivity index (χ2n) is 5.52. The summed E-state index contributed by atoms with van der Waals surface area (Å²) in [5.41, 5.74) is 1.19. The summed E-state index contributed by atoms with van der Waals surface area (Å²) in [5.74, 6) is -0.161. The van der Waals surface area contributed by atoms with E-state index in [0.717, 1.165) is 25.6 Å². The SMILES string of the molecule is CCNC(CCN(C)C1CCC1)c1ccc(F)cc1. The Morgan fingerprint density at radius 3 is 2.53 bits per heavy atom. The van der Waals surface area contributed by atoms with Crippen molar-refractivity contribution in [3.63, 3.8) is 0 Å². The molecule has 1 N–H and O–H groups in total. The average molecular weight is 264 g/mol. The molecule has 1 saturated carbocycles. The lowest BCUT2D eigenvalue weighted by Gasteiger charge is -2.35. The van der Waals surface area contributed by atoms with Crippen LogP contribution in [0.1, 0.15) is 44.2 Å². The Labute approximate surface area is 116 Å². The lowest BCUT2D eigenvalue weighted by molar-refractivity contribution is 0.153. The molecule has 19 heavy (non-hydrogen) atoms. The van der Waals surface area contributed by atoms with Crippen molar-refractivity contribution in [1.82, 2.24) is 10.2 Å². The van der Waals surface area contributed by atoms with E-state index >= 15 is 0 Å². The van der Waals surface area contributed by atoms with Gasteiger partial charge in [-0.25, -0.2) is 4.39 Å². The average Bonchev–Trinajstić information content (AvgIpc) is 2.33. The van der Waals surface area contributed by atoms with Crippen molar-refractivity contribution in [2.45, 2.75) is 44.7 Å². The summed E-state index contributed by atoms with van der Waals surface area (Å²) in [4.78, 5) is 2.47. The Kier molecular flexibility index (Phi) is 5.34. The number of hydrogen-bond donors (Lipinski definition) is 1. The molecule has 0 bridgehead atoms. The summed E-state index contributed by atoms with van der Waals surface area (Å²) in [6.45, 7) is 4.15. The third-order valence-corrected chi connectivity index (χ3v) is 4.19. The first kappa shape index (κ1) is 14.5. The van der Waals surface area contributed by atoms with E-state index in [1.54, 1.807) is 12.1 Å². The summed E-state index contributed by atoms with van der Waals surface area (Å²) in [5, 5.41) is 3.50. The normalized spacial score (nSPS) is 17.5. The van der Waals surface area contributed by atoms with Crippen molar-refractivity contribution in [2.75, 3.05) is 20.1 Å². The molecule has 0 aliphatic heterocycles. The van der Waals surface area contributed by atoms with E-state index < -0.39 is 0 Å². The minimum Gasteiger partial charge on any atom is -0.310 e. The molecule has 1 atom stereocenters. The number of nitrogens with zero attached hydrogens (tertiary/aromatic N) is 1. The molecule has 2 rings (SSSR count). The minimum absolute atomic E-state index is 0.161. The molecule has 0 saturated heterocycles. The molecule has 1 aliphatic carbocycles. The first-order valence-electron chi connectivity index (χ1n) is 7.39. The molecule has 0 radical (unpaired) electrons.